The van der Waals surface area contributed by atoms with Crippen LogP contribution in [0.25, 0.3) is 0 Å². The molecular formula is C14H16ClN3O3S. The smallest absolute Gasteiger partial charge is 0.243 e. The van der Waals surface area contributed by atoms with Gasteiger partial charge in [-0.2, -0.15) is 0 Å². The number of nitrogens with one attached hydrogen (secondary N) is 1. The number of hydrogen-bond acceptors (Lipinski definition) is 6. The minimum absolute atomic E-state index is 0.296. The van der Waals surface area contributed by atoms with Gasteiger partial charge in [-0.15, -0.1) is 21.8 Å². The summed E-state index contributed by atoms with van der Waals surface area (Å²) in [5, 5.41) is 11.2. The Morgan fingerprint density at radius 2 is 2.05 bits per heavy atom. The highest BCUT2D eigenvalue weighted by Gasteiger charge is 2.13. The lowest BCUT2D eigenvalue weighted by atomic mass is 10.1. The number of methoxy groups -OCH3 is 2. The van der Waals surface area contributed by atoms with Gasteiger partial charge in [-0.1, -0.05) is 17.4 Å². The quantitative estimate of drug-likeness (QED) is 0.818. The Morgan fingerprint density at radius 3 is 2.68 bits per heavy atom. The van der Waals surface area contributed by atoms with E-state index in [9.17, 15) is 4.79 Å². The summed E-state index contributed by atoms with van der Waals surface area (Å²) >= 11 is 7.01. The van der Waals surface area contributed by atoms with E-state index in [0.29, 0.717) is 23.1 Å². The lowest BCUT2D eigenvalue weighted by molar-refractivity contribution is -0.115. The van der Waals surface area contributed by atoms with E-state index in [1.54, 1.807) is 21.1 Å². The Bertz CT molecular complexity index is 661. The molecule has 6 nitrogen and oxygen atoms in total. The van der Waals surface area contributed by atoms with E-state index < -0.39 is 5.38 Å². The minimum Gasteiger partial charge on any atom is -0.493 e. The van der Waals surface area contributed by atoms with Gasteiger partial charge in [-0.25, -0.2) is 0 Å². The summed E-state index contributed by atoms with van der Waals surface area (Å²) in [6, 6.07) is 5.66. The largest absolute Gasteiger partial charge is 0.493 e. The number of anilines is 1. The van der Waals surface area contributed by atoms with Crippen LogP contribution in [0.3, 0.4) is 0 Å². The molecule has 8 heteroatoms. The van der Waals surface area contributed by atoms with Gasteiger partial charge >= 0.3 is 0 Å². The SMILES string of the molecule is COc1ccc(Cc2nnc(NC(=O)C(C)Cl)s2)cc1OC. The number of carbonyl (C=O) groups excluding carboxylic acids is 1. The highest BCUT2D eigenvalue weighted by atomic mass is 35.5. The van der Waals surface area contributed by atoms with Crippen molar-refractivity contribution < 1.29 is 14.3 Å². The molecule has 0 spiro atoms. The highest BCUT2D eigenvalue weighted by molar-refractivity contribution is 7.15. The number of aromatic nitrogens is 2. The molecule has 118 valence electrons. The Balaban J connectivity index is 2.08. The van der Waals surface area contributed by atoms with Crippen molar-refractivity contribution in [3.63, 3.8) is 0 Å². The van der Waals surface area contributed by atoms with Crippen molar-refractivity contribution >= 4 is 34.0 Å². The number of rotatable bonds is 6. The number of hydrogen-bond donors (Lipinski definition) is 1. The van der Waals surface area contributed by atoms with Crippen molar-refractivity contribution in [1.82, 2.24) is 10.2 Å². The molecule has 0 fully saturated rings. The first-order chi connectivity index (χ1) is 10.5. The van der Waals surface area contributed by atoms with Gasteiger partial charge in [-0.05, 0) is 24.6 Å². The number of alkyl halides is 1. The van der Waals surface area contributed by atoms with Gasteiger partial charge in [0.15, 0.2) is 11.5 Å². The molecule has 1 unspecified atom stereocenters. The van der Waals surface area contributed by atoms with E-state index in [2.05, 4.69) is 15.5 Å². The van der Waals surface area contributed by atoms with Crippen molar-refractivity contribution in [3.8, 4) is 11.5 Å². The Morgan fingerprint density at radius 1 is 1.32 bits per heavy atom. The van der Waals surface area contributed by atoms with Crippen LogP contribution >= 0.6 is 22.9 Å². The zero-order valence-corrected chi connectivity index (χ0v) is 14.0. The van der Waals surface area contributed by atoms with Crippen molar-refractivity contribution in [2.75, 3.05) is 19.5 Å². The molecule has 1 atom stereocenters. The van der Waals surface area contributed by atoms with Crippen LogP contribution in [0.2, 0.25) is 0 Å². The summed E-state index contributed by atoms with van der Waals surface area (Å²) in [4.78, 5) is 11.5. The maximum absolute atomic E-state index is 11.5. The fourth-order valence-electron chi connectivity index (χ4n) is 1.75. The molecule has 0 radical (unpaired) electrons. The summed E-state index contributed by atoms with van der Waals surface area (Å²) in [5.41, 5.74) is 1.01. The average Bonchev–Trinajstić information content (AvgIpc) is 2.94. The molecule has 2 rings (SSSR count). The first-order valence-corrected chi connectivity index (χ1v) is 7.77. The fraction of sp³-hybridized carbons (Fsp3) is 0.357. The van der Waals surface area contributed by atoms with Crippen LogP contribution in [-0.4, -0.2) is 35.7 Å². The van der Waals surface area contributed by atoms with E-state index >= 15 is 0 Å². The molecule has 1 heterocycles. The van der Waals surface area contributed by atoms with E-state index in [0.717, 1.165) is 10.6 Å². The number of amides is 1. The van der Waals surface area contributed by atoms with E-state index in [1.807, 2.05) is 18.2 Å². The normalized spacial score (nSPS) is 11.8. The molecule has 1 aromatic heterocycles. The third-order valence-corrected chi connectivity index (χ3v) is 3.90. The van der Waals surface area contributed by atoms with Crippen LogP contribution in [0.5, 0.6) is 11.5 Å². The van der Waals surface area contributed by atoms with Crippen LogP contribution in [0, 0.1) is 0 Å². The monoisotopic (exact) mass is 341 g/mol. The zero-order chi connectivity index (χ0) is 16.1. The third-order valence-electron chi connectivity index (χ3n) is 2.86. The molecule has 0 saturated carbocycles. The molecule has 0 aliphatic rings. The highest BCUT2D eigenvalue weighted by Crippen LogP contribution is 2.29. The molecule has 1 amide bonds. The van der Waals surface area contributed by atoms with Crippen LogP contribution in [0.4, 0.5) is 5.13 Å². The van der Waals surface area contributed by atoms with Gasteiger partial charge in [0.05, 0.1) is 14.2 Å². The maximum Gasteiger partial charge on any atom is 0.243 e. The third kappa shape index (κ3) is 4.08. The first kappa shape index (κ1) is 16.5. The van der Waals surface area contributed by atoms with E-state index in [1.165, 1.54) is 11.3 Å². The molecule has 0 saturated heterocycles. The van der Waals surface area contributed by atoms with Crippen LogP contribution < -0.4 is 14.8 Å². The summed E-state index contributed by atoms with van der Waals surface area (Å²) in [7, 11) is 3.18. The van der Waals surface area contributed by atoms with Gasteiger partial charge in [0.25, 0.3) is 0 Å². The minimum atomic E-state index is -0.613. The van der Waals surface area contributed by atoms with Crippen molar-refractivity contribution in [2.45, 2.75) is 18.7 Å². The predicted molar refractivity (Wildman–Crippen MR) is 86.2 cm³/mol. The Labute approximate surface area is 137 Å². The molecule has 1 aromatic carbocycles. The van der Waals surface area contributed by atoms with Crippen molar-refractivity contribution in [2.24, 2.45) is 0 Å². The van der Waals surface area contributed by atoms with Crippen LogP contribution in [-0.2, 0) is 11.2 Å². The van der Waals surface area contributed by atoms with Gasteiger partial charge in [0.1, 0.15) is 10.4 Å². The average molecular weight is 342 g/mol. The standard InChI is InChI=1S/C14H16ClN3O3S/c1-8(15)13(19)16-14-18-17-12(22-14)7-9-4-5-10(20-2)11(6-9)21-3/h4-6,8H,7H2,1-3H3,(H,16,18,19). The van der Waals surface area contributed by atoms with Gasteiger partial charge in [0.2, 0.25) is 11.0 Å². The van der Waals surface area contributed by atoms with Crippen LogP contribution in [0.15, 0.2) is 18.2 Å². The number of halogens is 1. The van der Waals surface area contributed by atoms with Crippen molar-refractivity contribution in [3.05, 3.63) is 28.8 Å². The second kappa shape index (κ2) is 7.42. The number of benzene rings is 1. The summed E-state index contributed by atoms with van der Waals surface area (Å²) in [6.07, 6.45) is 0.588. The molecule has 0 bridgehead atoms. The van der Waals surface area contributed by atoms with Gasteiger partial charge in [0, 0.05) is 6.42 Å². The maximum atomic E-state index is 11.5. The number of ether oxygens (including phenoxy) is 2. The second-order valence-electron chi connectivity index (χ2n) is 4.47. The lowest BCUT2D eigenvalue weighted by Gasteiger charge is -2.08. The number of carbonyl (C=O) groups is 1. The summed E-state index contributed by atoms with van der Waals surface area (Å²) in [5.74, 6) is 1.04. The predicted octanol–water partition coefficient (Wildman–Crippen LogP) is 2.71. The molecule has 0 aliphatic heterocycles. The van der Waals surface area contributed by atoms with E-state index in [-0.39, 0.29) is 5.91 Å². The number of nitrogens with zero attached hydrogens (tertiary/aromatic N) is 2. The molecule has 22 heavy (non-hydrogen) atoms. The van der Waals surface area contributed by atoms with Crippen LogP contribution in [0.1, 0.15) is 17.5 Å². The van der Waals surface area contributed by atoms with Gasteiger partial charge in [-0.3, -0.25) is 10.1 Å². The second-order valence-corrected chi connectivity index (χ2v) is 6.19. The Kier molecular flexibility index (Phi) is 5.57. The summed E-state index contributed by atoms with van der Waals surface area (Å²) < 4.78 is 10.5. The molecule has 0 aliphatic carbocycles. The Hall–Kier alpha value is -1.86. The fourth-order valence-corrected chi connectivity index (χ4v) is 2.58. The molecule has 2 aromatic rings. The van der Waals surface area contributed by atoms with Gasteiger partial charge < -0.3 is 9.47 Å². The lowest BCUT2D eigenvalue weighted by Crippen LogP contribution is -2.20. The molecule has 1 N–H and O–H groups in total. The molecular weight excluding hydrogens is 326 g/mol. The van der Waals surface area contributed by atoms with E-state index in [4.69, 9.17) is 21.1 Å². The topological polar surface area (TPSA) is 73.3 Å². The summed E-state index contributed by atoms with van der Waals surface area (Å²) in [6.45, 7) is 1.60. The first-order valence-electron chi connectivity index (χ1n) is 6.51. The van der Waals surface area contributed by atoms with Crippen molar-refractivity contribution in [1.29, 1.82) is 0 Å². The zero-order valence-electron chi connectivity index (χ0n) is 12.4.